The molecule has 21 heavy (non-hydrogen) atoms. The van der Waals surface area contributed by atoms with Crippen molar-refractivity contribution in [3.05, 3.63) is 28.3 Å². The molecule has 0 amide bonds. The summed E-state index contributed by atoms with van der Waals surface area (Å²) in [4.78, 5) is 13.3. The van der Waals surface area contributed by atoms with Crippen LogP contribution in [0.1, 0.15) is 26.7 Å². The number of benzene rings is 1. The fourth-order valence-electron chi connectivity index (χ4n) is 2.55. The van der Waals surface area contributed by atoms with Crippen LogP contribution in [0.4, 0.5) is 11.4 Å². The molecule has 1 heterocycles. The SMILES string of the molecule is CC(C)Oc1cccc(NC2CCN(C)CC2)c1[N+](=O)[O-]. The third-order valence-electron chi connectivity index (χ3n) is 3.62. The first-order valence-electron chi connectivity index (χ1n) is 7.36. The monoisotopic (exact) mass is 293 g/mol. The van der Waals surface area contributed by atoms with Crippen LogP contribution in [0.2, 0.25) is 0 Å². The molecule has 2 rings (SSSR count). The molecule has 1 aromatic carbocycles. The van der Waals surface area contributed by atoms with Gasteiger partial charge in [0.25, 0.3) is 0 Å². The van der Waals surface area contributed by atoms with Crippen LogP contribution in [0.3, 0.4) is 0 Å². The van der Waals surface area contributed by atoms with Gasteiger partial charge in [0.2, 0.25) is 0 Å². The summed E-state index contributed by atoms with van der Waals surface area (Å²) >= 11 is 0. The summed E-state index contributed by atoms with van der Waals surface area (Å²) in [6, 6.07) is 5.47. The van der Waals surface area contributed by atoms with Gasteiger partial charge in [-0.05, 0) is 59.0 Å². The Morgan fingerprint density at radius 3 is 2.62 bits per heavy atom. The zero-order valence-corrected chi connectivity index (χ0v) is 12.8. The highest BCUT2D eigenvalue weighted by molar-refractivity contribution is 5.68. The van der Waals surface area contributed by atoms with Gasteiger partial charge >= 0.3 is 5.69 Å². The Kier molecular flexibility index (Phi) is 5.01. The van der Waals surface area contributed by atoms with Gasteiger partial charge in [0, 0.05) is 6.04 Å². The predicted molar refractivity (Wildman–Crippen MR) is 83.0 cm³/mol. The van der Waals surface area contributed by atoms with Crippen molar-refractivity contribution in [3.63, 3.8) is 0 Å². The largest absolute Gasteiger partial charge is 0.484 e. The normalized spacial score (nSPS) is 17.0. The lowest BCUT2D eigenvalue weighted by Gasteiger charge is -2.30. The summed E-state index contributed by atoms with van der Waals surface area (Å²) in [5.41, 5.74) is 0.581. The van der Waals surface area contributed by atoms with Gasteiger partial charge in [0.05, 0.1) is 11.0 Å². The van der Waals surface area contributed by atoms with Crippen LogP contribution in [0.25, 0.3) is 0 Å². The zero-order chi connectivity index (χ0) is 15.4. The lowest BCUT2D eigenvalue weighted by Crippen LogP contribution is -2.36. The van der Waals surface area contributed by atoms with Gasteiger partial charge in [-0.1, -0.05) is 6.07 Å². The molecule has 0 saturated carbocycles. The maximum Gasteiger partial charge on any atom is 0.333 e. The van der Waals surface area contributed by atoms with Crippen LogP contribution in [0.5, 0.6) is 5.75 Å². The van der Waals surface area contributed by atoms with E-state index in [1.54, 1.807) is 18.2 Å². The zero-order valence-electron chi connectivity index (χ0n) is 12.8. The number of piperidine rings is 1. The first-order chi connectivity index (χ1) is 9.97. The van der Waals surface area contributed by atoms with E-state index in [2.05, 4.69) is 17.3 Å². The van der Waals surface area contributed by atoms with Crippen molar-refractivity contribution in [2.75, 3.05) is 25.5 Å². The molecule has 0 radical (unpaired) electrons. The fourth-order valence-corrected chi connectivity index (χ4v) is 2.55. The first-order valence-corrected chi connectivity index (χ1v) is 7.36. The Hall–Kier alpha value is -1.82. The molecule has 0 bridgehead atoms. The number of nitrogens with zero attached hydrogens (tertiary/aromatic N) is 2. The van der Waals surface area contributed by atoms with E-state index < -0.39 is 0 Å². The van der Waals surface area contributed by atoms with Crippen LogP contribution < -0.4 is 10.1 Å². The summed E-state index contributed by atoms with van der Waals surface area (Å²) in [7, 11) is 2.09. The van der Waals surface area contributed by atoms with E-state index in [9.17, 15) is 10.1 Å². The fraction of sp³-hybridized carbons (Fsp3) is 0.600. The molecular weight excluding hydrogens is 270 g/mol. The van der Waals surface area contributed by atoms with Crippen molar-refractivity contribution in [3.8, 4) is 5.75 Å². The van der Waals surface area contributed by atoms with E-state index in [0.717, 1.165) is 25.9 Å². The molecule has 1 fully saturated rings. The summed E-state index contributed by atoms with van der Waals surface area (Å²) in [6.07, 6.45) is 1.88. The Labute approximate surface area is 125 Å². The molecule has 6 nitrogen and oxygen atoms in total. The number of anilines is 1. The van der Waals surface area contributed by atoms with Crippen LogP contribution in [0, 0.1) is 10.1 Å². The van der Waals surface area contributed by atoms with E-state index in [1.165, 1.54) is 0 Å². The summed E-state index contributed by atoms with van der Waals surface area (Å²) in [5.74, 6) is 0.327. The van der Waals surface area contributed by atoms with Crippen molar-refractivity contribution < 1.29 is 9.66 Å². The minimum atomic E-state index is -0.366. The quantitative estimate of drug-likeness (QED) is 0.668. The smallest absolute Gasteiger partial charge is 0.333 e. The molecule has 1 saturated heterocycles. The number of likely N-dealkylation sites (tertiary alicyclic amines) is 1. The van der Waals surface area contributed by atoms with E-state index in [-0.39, 0.29) is 22.8 Å². The average molecular weight is 293 g/mol. The second-order valence-corrected chi connectivity index (χ2v) is 5.80. The molecule has 0 atom stereocenters. The van der Waals surface area contributed by atoms with Gasteiger partial charge in [-0.3, -0.25) is 10.1 Å². The van der Waals surface area contributed by atoms with Crippen LogP contribution in [-0.2, 0) is 0 Å². The Bertz CT molecular complexity index is 497. The van der Waals surface area contributed by atoms with E-state index in [0.29, 0.717) is 11.4 Å². The number of para-hydroxylation sites is 1. The summed E-state index contributed by atoms with van der Waals surface area (Å²) in [6.45, 7) is 5.74. The molecule has 1 aliphatic rings. The molecule has 6 heteroatoms. The molecule has 0 aliphatic carbocycles. The second kappa shape index (κ2) is 6.76. The minimum absolute atomic E-state index is 0.0325. The van der Waals surface area contributed by atoms with Crippen molar-refractivity contribution in [2.45, 2.75) is 38.8 Å². The molecule has 1 aromatic rings. The lowest BCUT2D eigenvalue weighted by molar-refractivity contribution is -0.385. The number of hydrogen-bond acceptors (Lipinski definition) is 5. The highest BCUT2D eigenvalue weighted by atomic mass is 16.6. The van der Waals surface area contributed by atoms with Gasteiger partial charge < -0.3 is 15.0 Å². The predicted octanol–water partition coefficient (Wildman–Crippen LogP) is 2.89. The van der Waals surface area contributed by atoms with Gasteiger partial charge in [0.1, 0.15) is 5.69 Å². The molecule has 0 aromatic heterocycles. The van der Waals surface area contributed by atoms with Crippen LogP contribution in [-0.4, -0.2) is 42.1 Å². The Morgan fingerprint density at radius 2 is 2.05 bits per heavy atom. The third kappa shape index (κ3) is 4.07. The van der Waals surface area contributed by atoms with E-state index >= 15 is 0 Å². The third-order valence-corrected chi connectivity index (χ3v) is 3.62. The minimum Gasteiger partial charge on any atom is -0.484 e. The van der Waals surface area contributed by atoms with Crippen molar-refractivity contribution >= 4 is 11.4 Å². The highest BCUT2D eigenvalue weighted by Crippen LogP contribution is 2.36. The molecule has 1 aliphatic heterocycles. The molecule has 116 valence electrons. The molecule has 1 N–H and O–H groups in total. The van der Waals surface area contributed by atoms with Crippen molar-refractivity contribution in [2.24, 2.45) is 0 Å². The van der Waals surface area contributed by atoms with Gasteiger partial charge in [-0.25, -0.2) is 0 Å². The first kappa shape index (κ1) is 15.6. The Morgan fingerprint density at radius 1 is 1.38 bits per heavy atom. The van der Waals surface area contributed by atoms with Crippen LogP contribution in [0.15, 0.2) is 18.2 Å². The number of nitro benzene ring substituents is 1. The summed E-state index contributed by atoms with van der Waals surface area (Å²) < 4.78 is 5.56. The van der Waals surface area contributed by atoms with Gasteiger partial charge in [-0.15, -0.1) is 0 Å². The van der Waals surface area contributed by atoms with E-state index in [4.69, 9.17) is 4.74 Å². The number of nitrogens with one attached hydrogen (secondary N) is 1. The number of hydrogen-bond donors (Lipinski definition) is 1. The van der Waals surface area contributed by atoms with Crippen molar-refractivity contribution in [1.29, 1.82) is 0 Å². The van der Waals surface area contributed by atoms with Crippen LogP contribution >= 0.6 is 0 Å². The maximum absolute atomic E-state index is 11.4. The van der Waals surface area contributed by atoms with Gasteiger partial charge in [0.15, 0.2) is 5.75 Å². The second-order valence-electron chi connectivity index (χ2n) is 5.80. The number of rotatable bonds is 5. The number of nitro groups is 1. The topological polar surface area (TPSA) is 67.6 Å². The summed E-state index contributed by atoms with van der Waals surface area (Å²) in [5, 5.41) is 14.7. The standard InChI is InChI=1S/C15H23N3O3/c1-11(2)21-14-6-4-5-13(15(14)18(19)20)16-12-7-9-17(3)10-8-12/h4-6,11-12,16H,7-10H2,1-3H3. The molecule has 0 spiro atoms. The average Bonchev–Trinajstić information content (AvgIpc) is 2.40. The number of ether oxygens (including phenoxy) is 1. The van der Waals surface area contributed by atoms with Crippen molar-refractivity contribution in [1.82, 2.24) is 4.90 Å². The van der Waals surface area contributed by atoms with Gasteiger partial charge in [-0.2, -0.15) is 0 Å². The Balaban J connectivity index is 2.20. The lowest BCUT2D eigenvalue weighted by atomic mass is 10.0. The van der Waals surface area contributed by atoms with E-state index in [1.807, 2.05) is 13.8 Å². The highest BCUT2D eigenvalue weighted by Gasteiger charge is 2.25. The molecular formula is C15H23N3O3. The molecule has 0 unspecified atom stereocenters. The maximum atomic E-state index is 11.4.